The van der Waals surface area contributed by atoms with Crippen LogP contribution >= 0.6 is 11.6 Å². The molecule has 2 rings (SSSR count). The number of benzene rings is 2. The van der Waals surface area contributed by atoms with Crippen LogP contribution in [0.15, 0.2) is 42.5 Å². The zero-order valence-corrected chi connectivity index (χ0v) is 15.4. The summed E-state index contributed by atoms with van der Waals surface area (Å²) in [5.74, 6) is 1.24. The highest BCUT2D eigenvalue weighted by Crippen LogP contribution is 2.30. The van der Waals surface area contributed by atoms with E-state index in [4.69, 9.17) is 21.1 Å². The van der Waals surface area contributed by atoms with Gasteiger partial charge in [0.25, 0.3) is 0 Å². The number of carbonyl (C=O) groups is 1. The van der Waals surface area contributed by atoms with Gasteiger partial charge in [0, 0.05) is 16.8 Å². The van der Waals surface area contributed by atoms with Crippen molar-refractivity contribution in [1.29, 1.82) is 0 Å². The number of anilines is 2. The molecule has 2 aromatic rings. The van der Waals surface area contributed by atoms with Gasteiger partial charge in [-0.2, -0.15) is 0 Å². The van der Waals surface area contributed by atoms with Gasteiger partial charge in [0.2, 0.25) is 5.91 Å². The van der Waals surface area contributed by atoms with E-state index in [-0.39, 0.29) is 5.91 Å². The number of rotatable bonds is 8. The van der Waals surface area contributed by atoms with Gasteiger partial charge >= 0.3 is 0 Å². The van der Waals surface area contributed by atoms with E-state index >= 15 is 0 Å². The van der Waals surface area contributed by atoms with Crippen LogP contribution in [0.5, 0.6) is 11.5 Å². The fourth-order valence-corrected chi connectivity index (χ4v) is 2.37. The van der Waals surface area contributed by atoms with Crippen LogP contribution in [0.2, 0.25) is 5.02 Å². The molecular formula is C19H23ClN2O3. The molecule has 0 heterocycles. The molecule has 1 amide bonds. The molecule has 0 aromatic heterocycles. The first-order chi connectivity index (χ1) is 12.0. The summed E-state index contributed by atoms with van der Waals surface area (Å²) >= 11 is 5.85. The van der Waals surface area contributed by atoms with E-state index in [2.05, 4.69) is 10.6 Å². The molecule has 0 fully saturated rings. The Balaban J connectivity index is 2.09. The third-order valence-electron chi connectivity index (χ3n) is 3.44. The fourth-order valence-electron chi connectivity index (χ4n) is 2.24. The van der Waals surface area contributed by atoms with Crippen molar-refractivity contribution in [3.8, 4) is 11.5 Å². The third-order valence-corrected chi connectivity index (χ3v) is 3.69. The SMILES string of the molecule is CCOc1ccc(OCC)c(NC(C)C(=O)Nc2ccc(Cl)cc2)c1. The Kier molecular flexibility index (Phi) is 6.95. The highest BCUT2D eigenvalue weighted by atomic mass is 35.5. The summed E-state index contributed by atoms with van der Waals surface area (Å²) in [4.78, 5) is 12.4. The number of halogens is 1. The van der Waals surface area contributed by atoms with Crippen LogP contribution in [-0.2, 0) is 4.79 Å². The Hall–Kier alpha value is -2.40. The summed E-state index contributed by atoms with van der Waals surface area (Å²) in [5.41, 5.74) is 1.41. The van der Waals surface area contributed by atoms with E-state index in [1.807, 2.05) is 32.0 Å². The molecule has 0 aliphatic rings. The molecule has 2 aromatic carbocycles. The van der Waals surface area contributed by atoms with Crippen molar-refractivity contribution in [2.24, 2.45) is 0 Å². The maximum Gasteiger partial charge on any atom is 0.246 e. The van der Waals surface area contributed by atoms with Gasteiger partial charge in [0.05, 0.1) is 18.9 Å². The molecule has 0 aliphatic heterocycles. The van der Waals surface area contributed by atoms with Crippen molar-refractivity contribution >= 4 is 28.9 Å². The van der Waals surface area contributed by atoms with Crippen LogP contribution in [0.4, 0.5) is 11.4 Å². The molecule has 0 spiro atoms. The number of ether oxygens (including phenoxy) is 2. The van der Waals surface area contributed by atoms with Crippen LogP contribution < -0.4 is 20.1 Å². The van der Waals surface area contributed by atoms with E-state index in [0.29, 0.717) is 35.4 Å². The van der Waals surface area contributed by atoms with Crippen LogP contribution in [0.25, 0.3) is 0 Å². The molecule has 5 nitrogen and oxygen atoms in total. The molecule has 0 saturated carbocycles. The Morgan fingerprint density at radius 3 is 2.40 bits per heavy atom. The Morgan fingerprint density at radius 1 is 1.08 bits per heavy atom. The minimum absolute atomic E-state index is 0.161. The molecular weight excluding hydrogens is 340 g/mol. The predicted octanol–water partition coefficient (Wildman–Crippen LogP) is 4.58. The van der Waals surface area contributed by atoms with Crippen molar-refractivity contribution in [2.75, 3.05) is 23.8 Å². The zero-order chi connectivity index (χ0) is 18.2. The maximum absolute atomic E-state index is 12.4. The van der Waals surface area contributed by atoms with Crippen LogP contribution in [0.1, 0.15) is 20.8 Å². The van der Waals surface area contributed by atoms with Gasteiger partial charge in [-0.3, -0.25) is 4.79 Å². The molecule has 0 radical (unpaired) electrons. The summed E-state index contributed by atoms with van der Waals surface area (Å²) in [6.07, 6.45) is 0. The van der Waals surface area contributed by atoms with Gasteiger partial charge in [-0.1, -0.05) is 11.6 Å². The summed E-state index contributed by atoms with van der Waals surface area (Å²) in [6, 6.07) is 12.0. The number of carbonyl (C=O) groups excluding carboxylic acids is 1. The smallest absolute Gasteiger partial charge is 0.246 e. The fraction of sp³-hybridized carbons (Fsp3) is 0.316. The second-order valence-electron chi connectivity index (χ2n) is 5.39. The van der Waals surface area contributed by atoms with Crippen LogP contribution in [-0.4, -0.2) is 25.2 Å². The first-order valence-electron chi connectivity index (χ1n) is 8.26. The molecule has 25 heavy (non-hydrogen) atoms. The van der Waals surface area contributed by atoms with Gasteiger partial charge in [-0.15, -0.1) is 0 Å². The summed E-state index contributed by atoms with van der Waals surface area (Å²) in [5, 5.41) is 6.65. The maximum atomic E-state index is 12.4. The van der Waals surface area contributed by atoms with Crippen molar-refractivity contribution < 1.29 is 14.3 Å². The number of hydrogen-bond acceptors (Lipinski definition) is 4. The van der Waals surface area contributed by atoms with Crippen molar-refractivity contribution in [2.45, 2.75) is 26.8 Å². The van der Waals surface area contributed by atoms with Gasteiger partial charge < -0.3 is 20.1 Å². The summed E-state index contributed by atoms with van der Waals surface area (Å²) in [6.45, 7) is 6.73. The topological polar surface area (TPSA) is 59.6 Å². The van der Waals surface area contributed by atoms with Gasteiger partial charge in [0.15, 0.2) is 0 Å². The monoisotopic (exact) mass is 362 g/mol. The van der Waals surface area contributed by atoms with Gasteiger partial charge in [-0.25, -0.2) is 0 Å². The number of nitrogens with one attached hydrogen (secondary N) is 2. The first-order valence-corrected chi connectivity index (χ1v) is 8.63. The third kappa shape index (κ3) is 5.57. The molecule has 6 heteroatoms. The molecule has 1 atom stereocenters. The molecule has 0 saturated heterocycles. The second kappa shape index (κ2) is 9.18. The predicted molar refractivity (Wildman–Crippen MR) is 102 cm³/mol. The number of amides is 1. The molecule has 0 bridgehead atoms. The second-order valence-corrected chi connectivity index (χ2v) is 5.82. The van der Waals surface area contributed by atoms with Gasteiger partial charge in [0.1, 0.15) is 17.5 Å². The lowest BCUT2D eigenvalue weighted by Crippen LogP contribution is -2.32. The minimum Gasteiger partial charge on any atom is -0.494 e. The van der Waals surface area contributed by atoms with E-state index in [1.54, 1.807) is 31.2 Å². The Bertz CT molecular complexity index is 704. The Morgan fingerprint density at radius 2 is 1.76 bits per heavy atom. The quantitative estimate of drug-likeness (QED) is 0.721. The van der Waals surface area contributed by atoms with E-state index in [1.165, 1.54) is 0 Å². The Labute approximate surface area is 153 Å². The van der Waals surface area contributed by atoms with Crippen molar-refractivity contribution in [3.63, 3.8) is 0 Å². The van der Waals surface area contributed by atoms with Gasteiger partial charge in [-0.05, 0) is 57.2 Å². The van der Waals surface area contributed by atoms with Crippen LogP contribution in [0.3, 0.4) is 0 Å². The van der Waals surface area contributed by atoms with Crippen molar-refractivity contribution in [3.05, 3.63) is 47.5 Å². The largest absolute Gasteiger partial charge is 0.494 e. The normalized spacial score (nSPS) is 11.5. The molecule has 2 N–H and O–H groups in total. The number of hydrogen-bond donors (Lipinski definition) is 2. The highest BCUT2D eigenvalue weighted by molar-refractivity contribution is 6.30. The average Bonchev–Trinajstić information content (AvgIpc) is 2.59. The lowest BCUT2D eigenvalue weighted by molar-refractivity contribution is -0.116. The minimum atomic E-state index is -0.466. The molecule has 0 aliphatic carbocycles. The molecule has 1 unspecified atom stereocenters. The standard InChI is InChI=1S/C19H23ClN2O3/c1-4-24-16-10-11-18(25-5-2)17(12-16)21-13(3)19(23)22-15-8-6-14(20)7-9-15/h6-13,21H,4-5H2,1-3H3,(H,22,23). The van der Waals surface area contributed by atoms with E-state index in [0.717, 1.165) is 5.75 Å². The lowest BCUT2D eigenvalue weighted by atomic mass is 10.2. The molecule has 134 valence electrons. The lowest BCUT2D eigenvalue weighted by Gasteiger charge is -2.19. The zero-order valence-electron chi connectivity index (χ0n) is 14.6. The highest BCUT2D eigenvalue weighted by Gasteiger charge is 2.16. The first kappa shape index (κ1) is 18.9. The average molecular weight is 363 g/mol. The van der Waals surface area contributed by atoms with Crippen molar-refractivity contribution in [1.82, 2.24) is 0 Å². The van der Waals surface area contributed by atoms with Crippen LogP contribution in [0, 0.1) is 0 Å². The summed E-state index contributed by atoms with van der Waals surface area (Å²) in [7, 11) is 0. The van der Waals surface area contributed by atoms with E-state index < -0.39 is 6.04 Å². The summed E-state index contributed by atoms with van der Waals surface area (Å²) < 4.78 is 11.1. The van der Waals surface area contributed by atoms with E-state index in [9.17, 15) is 4.79 Å².